The largest absolute Gasteiger partial charge is 0.393 e. The highest BCUT2D eigenvalue weighted by molar-refractivity contribution is 9.10. The lowest BCUT2D eigenvalue weighted by Gasteiger charge is -2.24. The average Bonchev–Trinajstić information content (AvgIpc) is 2.60. The number of rotatable bonds is 5. The smallest absolute Gasteiger partial charge is 0.161 e. The predicted molar refractivity (Wildman–Crippen MR) is 103 cm³/mol. The van der Waals surface area contributed by atoms with Gasteiger partial charge in [0.25, 0.3) is 0 Å². The second kappa shape index (κ2) is 7.31. The zero-order valence-electron chi connectivity index (χ0n) is 13.3. The fourth-order valence-electron chi connectivity index (χ4n) is 2.47. The molecule has 1 aromatic heterocycles. The maximum absolute atomic E-state index is 6.34. The van der Waals surface area contributed by atoms with E-state index in [-0.39, 0.29) is 0 Å². The second-order valence-corrected chi connectivity index (χ2v) is 6.09. The Morgan fingerprint density at radius 3 is 2.58 bits per heavy atom. The van der Waals surface area contributed by atoms with Gasteiger partial charge in [-0.15, -0.1) is 0 Å². The molecular formula is C18H18BrN5. The number of anilines is 5. The summed E-state index contributed by atoms with van der Waals surface area (Å²) >= 11 is 3.46. The number of halogens is 1. The summed E-state index contributed by atoms with van der Waals surface area (Å²) in [5, 5.41) is 3.25. The second-order valence-electron chi connectivity index (χ2n) is 5.17. The molecule has 0 aliphatic rings. The van der Waals surface area contributed by atoms with Gasteiger partial charge in [-0.05, 0) is 37.3 Å². The standard InChI is InChI=1S/C18H18BrN5/c1-2-24(15-9-4-3-5-10-15)18-16(20)17(21-12-22-18)23-14-8-6-7-13(19)11-14/h3-12H,2,20H2,1H3,(H,21,22,23). The van der Waals surface area contributed by atoms with Crippen molar-refractivity contribution in [3.05, 3.63) is 65.4 Å². The van der Waals surface area contributed by atoms with E-state index in [1.165, 1.54) is 6.33 Å². The van der Waals surface area contributed by atoms with Crippen molar-refractivity contribution in [2.75, 3.05) is 22.5 Å². The molecule has 0 amide bonds. The highest BCUT2D eigenvalue weighted by Crippen LogP contribution is 2.33. The molecular weight excluding hydrogens is 366 g/mol. The van der Waals surface area contributed by atoms with Gasteiger partial charge in [0, 0.05) is 22.4 Å². The Kier molecular flexibility index (Phi) is 4.96. The normalized spacial score (nSPS) is 10.4. The summed E-state index contributed by atoms with van der Waals surface area (Å²) in [7, 11) is 0. The average molecular weight is 384 g/mol. The molecule has 0 spiro atoms. The van der Waals surface area contributed by atoms with Crippen molar-refractivity contribution in [3.63, 3.8) is 0 Å². The van der Waals surface area contributed by atoms with Crippen LogP contribution in [0.25, 0.3) is 0 Å². The Morgan fingerprint density at radius 1 is 1.08 bits per heavy atom. The van der Waals surface area contributed by atoms with E-state index >= 15 is 0 Å². The minimum Gasteiger partial charge on any atom is -0.393 e. The van der Waals surface area contributed by atoms with Crippen molar-refractivity contribution in [2.45, 2.75) is 6.92 Å². The maximum Gasteiger partial charge on any atom is 0.161 e. The van der Waals surface area contributed by atoms with Crippen molar-refractivity contribution < 1.29 is 0 Å². The van der Waals surface area contributed by atoms with Crippen LogP contribution in [0.4, 0.5) is 28.7 Å². The third-order valence-electron chi connectivity index (χ3n) is 3.59. The van der Waals surface area contributed by atoms with Crippen LogP contribution >= 0.6 is 15.9 Å². The van der Waals surface area contributed by atoms with E-state index in [0.717, 1.165) is 22.4 Å². The first-order valence-electron chi connectivity index (χ1n) is 7.64. The molecule has 0 saturated carbocycles. The fourth-order valence-corrected chi connectivity index (χ4v) is 2.87. The zero-order valence-corrected chi connectivity index (χ0v) is 14.9. The zero-order chi connectivity index (χ0) is 16.9. The quantitative estimate of drug-likeness (QED) is 0.666. The highest BCUT2D eigenvalue weighted by atomic mass is 79.9. The lowest BCUT2D eigenvalue weighted by molar-refractivity contribution is 0.980. The van der Waals surface area contributed by atoms with Crippen molar-refractivity contribution in [3.8, 4) is 0 Å². The lowest BCUT2D eigenvalue weighted by Crippen LogP contribution is -2.19. The van der Waals surface area contributed by atoms with Gasteiger partial charge in [-0.3, -0.25) is 0 Å². The molecule has 0 radical (unpaired) electrons. The summed E-state index contributed by atoms with van der Waals surface area (Å²) in [6.07, 6.45) is 1.53. The van der Waals surface area contributed by atoms with Gasteiger partial charge in [0.1, 0.15) is 12.0 Å². The molecule has 3 rings (SSSR count). The molecule has 0 aliphatic carbocycles. The molecule has 6 heteroatoms. The molecule has 3 N–H and O–H groups in total. The van der Waals surface area contributed by atoms with E-state index in [1.807, 2.05) is 54.6 Å². The van der Waals surface area contributed by atoms with Crippen LogP contribution in [0.3, 0.4) is 0 Å². The number of aromatic nitrogens is 2. The topological polar surface area (TPSA) is 67.1 Å². The number of nitrogens with zero attached hydrogens (tertiary/aromatic N) is 3. The number of para-hydroxylation sites is 1. The molecule has 0 unspecified atom stereocenters. The van der Waals surface area contributed by atoms with Gasteiger partial charge < -0.3 is 16.0 Å². The SMILES string of the molecule is CCN(c1ccccc1)c1ncnc(Nc2cccc(Br)c2)c1N. The molecule has 2 aromatic carbocycles. The molecule has 5 nitrogen and oxygen atoms in total. The number of nitrogens with one attached hydrogen (secondary N) is 1. The van der Waals surface area contributed by atoms with E-state index < -0.39 is 0 Å². The van der Waals surface area contributed by atoms with Crippen LogP contribution in [-0.2, 0) is 0 Å². The lowest BCUT2D eigenvalue weighted by atomic mass is 10.2. The first-order chi connectivity index (χ1) is 11.7. The summed E-state index contributed by atoms with van der Waals surface area (Å²) in [5.74, 6) is 1.28. The van der Waals surface area contributed by atoms with Crippen molar-refractivity contribution >= 4 is 44.6 Å². The van der Waals surface area contributed by atoms with Crippen LogP contribution in [-0.4, -0.2) is 16.5 Å². The van der Waals surface area contributed by atoms with Crippen LogP contribution in [0.15, 0.2) is 65.4 Å². The van der Waals surface area contributed by atoms with Crippen LogP contribution in [0.5, 0.6) is 0 Å². The summed E-state index contributed by atoms with van der Waals surface area (Å²) in [6, 6.07) is 17.9. The Bertz CT molecular complexity index is 823. The summed E-state index contributed by atoms with van der Waals surface area (Å²) < 4.78 is 0.986. The fraction of sp³-hybridized carbons (Fsp3) is 0.111. The number of nitrogen functional groups attached to an aromatic ring is 1. The van der Waals surface area contributed by atoms with Crippen molar-refractivity contribution in [1.29, 1.82) is 0 Å². The maximum atomic E-state index is 6.34. The number of nitrogens with two attached hydrogens (primary N) is 1. The van der Waals surface area contributed by atoms with E-state index in [0.29, 0.717) is 17.3 Å². The predicted octanol–water partition coefficient (Wildman–Crippen LogP) is 4.72. The number of hydrogen-bond donors (Lipinski definition) is 2. The Labute approximate surface area is 149 Å². The van der Waals surface area contributed by atoms with Gasteiger partial charge in [-0.25, -0.2) is 9.97 Å². The summed E-state index contributed by atoms with van der Waals surface area (Å²) in [6.45, 7) is 2.82. The number of hydrogen-bond acceptors (Lipinski definition) is 5. The minimum absolute atomic E-state index is 0.517. The van der Waals surface area contributed by atoms with E-state index in [2.05, 4.69) is 43.0 Å². The molecule has 0 aliphatic heterocycles. The summed E-state index contributed by atoms with van der Waals surface area (Å²) in [5.41, 5.74) is 8.81. The van der Waals surface area contributed by atoms with Gasteiger partial charge in [-0.2, -0.15) is 0 Å². The van der Waals surface area contributed by atoms with Crippen LogP contribution in [0.2, 0.25) is 0 Å². The Balaban J connectivity index is 1.95. The highest BCUT2D eigenvalue weighted by Gasteiger charge is 2.15. The van der Waals surface area contributed by atoms with Crippen LogP contribution in [0.1, 0.15) is 6.92 Å². The Hall–Kier alpha value is -2.60. The first-order valence-corrected chi connectivity index (χ1v) is 8.44. The van der Waals surface area contributed by atoms with Gasteiger partial charge in [0.05, 0.1) is 0 Å². The summed E-state index contributed by atoms with van der Waals surface area (Å²) in [4.78, 5) is 10.7. The van der Waals surface area contributed by atoms with Gasteiger partial charge in [0.2, 0.25) is 0 Å². The molecule has 0 fully saturated rings. The van der Waals surface area contributed by atoms with E-state index in [9.17, 15) is 0 Å². The van der Waals surface area contributed by atoms with Crippen molar-refractivity contribution in [2.24, 2.45) is 0 Å². The Morgan fingerprint density at radius 2 is 1.88 bits per heavy atom. The monoisotopic (exact) mass is 383 g/mol. The molecule has 0 bridgehead atoms. The molecule has 1 heterocycles. The first kappa shape index (κ1) is 16.3. The molecule has 24 heavy (non-hydrogen) atoms. The van der Waals surface area contributed by atoms with Crippen molar-refractivity contribution in [1.82, 2.24) is 9.97 Å². The molecule has 3 aromatic rings. The molecule has 122 valence electrons. The third kappa shape index (κ3) is 3.49. The molecule has 0 saturated heterocycles. The van der Waals surface area contributed by atoms with Crippen LogP contribution in [0, 0.1) is 0 Å². The van der Waals surface area contributed by atoms with Gasteiger partial charge in [-0.1, -0.05) is 40.2 Å². The van der Waals surface area contributed by atoms with Crippen LogP contribution < -0.4 is 16.0 Å². The van der Waals surface area contributed by atoms with E-state index in [1.54, 1.807) is 0 Å². The third-order valence-corrected chi connectivity index (χ3v) is 4.08. The minimum atomic E-state index is 0.517. The molecule has 0 atom stereocenters. The van der Waals surface area contributed by atoms with Gasteiger partial charge in [0.15, 0.2) is 11.6 Å². The van der Waals surface area contributed by atoms with E-state index in [4.69, 9.17) is 5.73 Å². The number of benzene rings is 2. The van der Waals surface area contributed by atoms with Gasteiger partial charge >= 0.3 is 0 Å².